The minimum absolute atomic E-state index is 0.00320. The first-order valence-electron chi connectivity index (χ1n) is 8.62. The topological polar surface area (TPSA) is 83.4 Å². The molecule has 142 valence electrons. The van der Waals surface area contributed by atoms with Crippen molar-refractivity contribution in [1.82, 2.24) is 16.2 Å². The molecule has 0 atom stereocenters. The van der Waals surface area contributed by atoms with Gasteiger partial charge in [0, 0.05) is 6.08 Å². The van der Waals surface area contributed by atoms with Crippen LogP contribution in [-0.2, 0) is 16.0 Å². The molecule has 3 aromatic rings. The smallest absolute Gasteiger partial charge is 0.250 e. The Hall–Kier alpha value is -3.45. The lowest BCUT2D eigenvalue weighted by Crippen LogP contribution is -2.48. The number of benzene rings is 2. The Kier molecular flexibility index (Phi) is 6.18. The minimum Gasteiger partial charge on any atom is -0.462 e. The number of aryl methyl sites for hydroxylation is 1. The number of amides is 2. The Morgan fingerprint density at radius 1 is 1.04 bits per heavy atom. The zero-order chi connectivity index (χ0) is 19.9. The number of hydrogen-bond acceptors (Lipinski definition) is 4. The molecule has 28 heavy (non-hydrogen) atoms. The molecule has 1 heterocycles. The predicted octanol–water partition coefficient (Wildman–Crippen LogP) is 3.02. The molecule has 0 unspecified atom stereocenters. The zero-order valence-corrected chi connectivity index (χ0v) is 16.0. The van der Waals surface area contributed by atoms with E-state index < -0.39 is 5.91 Å². The summed E-state index contributed by atoms with van der Waals surface area (Å²) < 4.78 is 5.33. The molecule has 0 radical (unpaired) electrons. The molecule has 0 aliphatic heterocycles. The van der Waals surface area contributed by atoms with Gasteiger partial charge in [-0.3, -0.25) is 25.8 Å². The van der Waals surface area contributed by atoms with Gasteiger partial charge in [-0.05, 0) is 53.7 Å². The lowest BCUT2D eigenvalue weighted by molar-refractivity contribution is -0.121. The van der Waals surface area contributed by atoms with Gasteiger partial charge in [-0.1, -0.05) is 42.5 Å². The van der Waals surface area contributed by atoms with Gasteiger partial charge in [0.2, 0.25) is 11.8 Å². The average molecular weight is 393 g/mol. The molecule has 1 aromatic heterocycles. The van der Waals surface area contributed by atoms with E-state index in [0.717, 1.165) is 22.1 Å². The van der Waals surface area contributed by atoms with Crippen molar-refractivity contribution in [2.24, 2.45) is 0 Å². The number of fused-ring (bicyclic) bond motifs is 1. The van der Waals surface area contributed by atoms with Crippen LogP contribution < -0.4 is 16.2 Å². The van der Waals surface area contributed by atoms with Gasteiger partial charge in [-0.15, -0.1) is 0 Å². The number of carbonyl (C=O) groups is 2. The largest absolute Gasteiger partial charge is 0.462 e. The summed E-state index contributed by atoms with van der Waals surface area (Å²) in [5, 5.41) is 4.53. The number of furan rings is 1. The molecule has 0 saturated heterocycles. The van der Waals surface area contributed by atoms with Gasteiger partial charge in [0.25, 0.3) is 0 Å². The van der Waals surface area contributed by atoms with Gasteiger partial charge in [-0.25, -0.2) is 0 Å². The van der Waals surface area contributed by atoms with E-state index in [2.05, 4.69) is 16.2 Å². The van der Waals surface area contributed by atoms with Crippen LogP contribution in [0.5, 0.6) is 0 Å². The first-order chi connectivity index (χ1) is 13.5. The van der Waals surface area contributed by atoms with E-state index >= 15 is 0 Å². The van der Waals surface area contributed by atoms with Gasteiger partial charge >= 0.3 is 0 Å². The fraction of sp³-hybridized carbons (Fsp3) is 0.0952. The fourth-order valence-corrected chi connectivity index (χ4v) is 2.83. The quantitative estimate of drug-likeness (QED) is 0.361. The first kappa shape index (κ1) is 19.3. The maximum Gasteiger partial charge on any atom is 0.250 e. The normalized spacial score (nSPS) is 10.8. The third-order valence-corrected chi connectivity index (χ3v) is 4.15. The third kappa shape index (κ3) is 5.28. The van der Waals surface area contributed by atoms with Crippen molar-refractivity contribution in [3.05, 3.63) is 77.8 Å². The molecular weight excluding hydrogens is 374 g/mol. The van der Waals surface area contributed by atoms with Crippen LogP contribution in [0.2, 0.25) is 0 Å². The van der Waals surface area contributed by atoms with E-state index in [9.17, 15) is 9.59 Å². The minimum atomic E-state index is -0.435. The van der Waals surface area contributed by atoms with Crippen molar-refractivity contribution in [2.45, 2.75) is 13.3 Å². The molecule has 0 aliphatic rings. The lowest BCUT2D eigenvalue weighted by Gasteiger charge is -2.10. The number of nitrogens with one attached hydrogen (secondary N) is 3. The van der Waals surface area contributed by atoms with Crippen LogP contribution in [0, 0.1) is 6.92 Å². The van der Waals surface area contributed by atoms with Crippen LogP contribution in [0.4, 0.5) is 0 Å². The Morgan fingerprint density at radius 2 is 1.82 bits per heavy atom. The van der Waals surface area contributed by atoms with E-state index in [1.165, 1.54) is 12.2 Å². The second kappa shape index (κ2) is 8.96. The second-order valence-corrected chi connectivity index (χ2v) is 6.50. The molecule has 0 bridgehead atoms. The predicted molar refractivity (Wildman–Crippen MR) is 112 cm³/mol. The van der Waals surface area contributed by atoms with Crippen LogP contribution in [0.25, 0.3) is 16.8 Å². The molecule has 0 spiro atoms. The van der Waals surface area contributed by atoms with E-state index in [1.54, 1.807) is 12.1 Å². The number of hydrogen-bond donors (Lipinski definition) is 3. The number of thiocarbonyl (C=S) groups is 1. The number of carbonyl (C=O) groups excluding carboxylic acids is 2. The molecule has 7 heteroatoms. The number of hydrazine groups is 1. The summed E-state index contributed by atoms with van der Waals surface area (Å²) in [6.07, 6.45) is 3.01. The Morgan fingerprint density at radius 3 is 2.61 bits per heavy atom. The first-order valence-corrected chi connectivity index (χ1v) is 9.03. The Bertz CT molecular complexity index is 1050. The third-order valence-electron chi connectivity index (χ3n) is 3.94. The highest BCUT2D eigenvalue weighted by molar-refractivity contribution is 7.80. The van der Waals surface area contributed by atoms with Gasteiger partial charge in [-0.2, -0.15) is 0 Å². The van der Waals surface area contributed by atoms with Gasteiger partial charge in [0.05, 0.1) is 6.42 Å². The van der Waals surface area contributed by atoms with Gasteiger partial charge in [0.1, 0.15) is 11.5 Å². The van der Waals surface area contributed by atoms with Crippen LogP contribution in [0.1, 0.15) is 17.1 Å². The van der Waals surface area contributed by atoms with Crippen LogP contribution >= 0.6 is 12.2 Å². The molecule has 3 N–H and O–H groups in total. The van der Waals surface area contributed by atoms with Gasteiger partial charge < -0.3 is 4.42 Å². The van der Waals surface area contributed by atoms with E-state index in [1.807, 2.05) is 49.4 Å². The highest BCUT2D eigenvalue weighted by atomic mass is 32.1. The Balaban J connectivity index is 1.48. The summed E-state index contributed by atoms with van der Waals surface area (Å²) in [7, 11) is 0. The van der Waals surface area contributed by atoms with Crippen molar-refractivity contribution in [3.8, 4) is 0 Å². The molecule has 0 saturated carbocycles. The van der Waals surface area contributed by atoms with Crippen LogP contribution in [0.15, 0.2) is 65.1 Å². The van der Waals surface area contributed by atoms with Crippen molar-refractivity contribution < 1.29 is 14.0 Å². The SMILES string of the molecule is Cc1ccc(C=CC(=O)NC(=S)NNC(=O)Cc2cccc3ccccc23)o1. The standard InChI is InChI=1S/C21H19N3O3S/c1-14-9-10-17(27-14)11-12-19(25)22-21(28)24-23-20(26)13-16-7-4-6-15-5-2-3-8-18(15)16/h2-12H,13H2,1H3,(H,23,26)(H2,22,24,25,28). The summed E-state index contributed by atoms with van der Waals surface area (Å²) >= 11 is 5.01. The number of rotatable bonds is 4. The van der Waals surface area contributed by atoms with Crippen LogP contribution in [0.3, 0.4) is 0 Å². The van der Waals surface area contributed by atoms with E-state index in [-0.39, 0.29) is 17.4 Å². The van der Waals surface area contributed by atoms with Crippen LogP contribution in [-0.4, -0.2) is 16.9 Å². The molecular formula is C21H19N3O3S. The van der Waals surface area contributed by atoms with Crippen molar-refractivity contribution in [1.29, 1.82) is 0 Å². The fourth-order valence-electron chi connectivity index (χ4n) is 2.68. The summed E-state index contributed by atoms with van der Waals surface area (Å²) in [6, 6.07) is 17.2. The second-order valence-electron chi connectivity index (χ2n) is 6.09. The van der Waals surface area contributed by atoms with E-state index in [0.29, 0.717) is 5.76 Å². The van der Waals surface area contributed by atoms with Crippen molar-refractivity contribution in [2.75, 3.05) is 0 Å². The molecule has 3 rings (SSSR count). The van der Waals surface area contributed by atoms with Gasteiger partial charge in [0.15, 0.2) is 5.11 Å². The Labute approximate surface area is 167 Å². The van der Waals surface area contributed by atoms with Crippen molar-refractivity contribution >= 4 is 46.0 Å². The lowest BCUT2D eigenvalue weighted by atomic mass is 10.0. The maximum atomic E-state index is 12.2. The zero-order valence-electron chi connectivity index (χ0n) is 15.2. The highest BCUT2D eigenvalue weighted by Gasteiger charge is 2.08. The molecule has 0 aliphatic carbocycles. The summed E-state index contributed by atoms with van der Waals surface area (Å²) in [5.74, 6) is 0.616. The summed E-state index contributed by atoms with van der Waals surface area (Å²) in [6.45, 7) is 1.82. The molecule has 6 nitrogen and oxygen atoms in total. The molecule has 2 aromatic carbocycles. The van der Waals surface area contributed by atoms with E-state index in [4.69, 9.17) is 16.6 Å². The molecule has 0 fully saturated rings. The summed E-state index contributed by atoms with van der Waals surface area (Å²) in [4.78, 5) is 24.0. The summed E-state index contributed by atoms with van der Waals surface area (Å²) in [5.41, 5.74) is 5.92. The molecule has 2 amide bonds. The highest BCUT2D eigenvalue weighted by Crippen LogP contribution is 2.18. The average Bonchev–Trinajstić information content (AvgIpc) is 3.10. The monoisotopic (exact) mass is 393 g/mol. The van der Waals surface area contributed by atoms with Crippen molar-refractivity contribution in [3.63, 3.8) is 0 Å². The maximum absolute atomic E-state index is 12.2.